The van der Waals surface area contributed by atoms with E-state index in [1.807, 2.05) is 31.2 Å². The lowest BCUT2D eigenvalue weighted by atomic mass is 10.0. The second kappa shape index (κ2) is 4.53. The van der Waals surface area contributed by atoms with E-state index in [2.05, 4.69) is 0 Å². The molecule has 4 nitrogen and oxygen atoms in total. The van der Waals surface area contributed by atoms with Crippen molar-refractivity contribution in [2.75, 3.05) is 13.1 Å². The van der Waals surface area contributed by atoms with Gasteiger partial charge in [0.25, 0.3) is 5.91 Å². The molecular weight excluding hydrogens is 264 g/mol. The highest BCUT2D eigenvalue weighted by molar-refractivity contribution is 6.06. The molecular formula is C17H18N2O2. The summed E-state index contributed by atoms with van der Waals surface area (Å²) < 4.78 is 0. The van der Waals surface area contributed by atoms with E-state index in [1.54, 1.807) is 4.90 Å². The molecule has 0 atom stereocenters. The predicted octanol–water partition coefficient (Wildman–Crippen LogP) is 2.24. The minimum Gasteiger partial charge on any atom is -0.389 e. The van der Waals surface area contributed by atoms with Crippen LogP contribution in [0.25, 0.3) is 10.9 Å². The van der Waals surface area contributed by atoms with Crippen LogP contribution in [0.5, 0.6) is 0 Å². The SMILES string of the molecule is Cc1ccc2nc(C3CC3)cc(C(=O)N3CC(O)C3)c2c1. The number of carbonyl (C=O) groups excluding carboxylic acids is 1. The Morgan fingerprint density at radius 1 is 1.29 bits per heavy atom. The van der Waals surface area contributed by atoms with Crippen LogP contribution in [0.3, 0.4) is 0 Å². The second-order valence-electron chi connectivity index (χ2n) is 6.25. The van der Waals surface area contributed by atoms with Crippen molar-refractivity contribution in [2.45, 2.75) is 31.8 Å². The van der Waals surface area contributed by atoms with E-state index in [1.165, 1.54) is 12.8 Å². The molecule has 1 saturated heterocycles. The molecule has 1 aliphatic heterocycles. The summed E-state index contributed by atoms with van der Waals surface area (Å²) in [5.74, 6) is 0.532. The van der Waals surface area contributed by atoms with E-state index in [0.717, 1.165) is 27.7 Å². The van der Waals surface area contributed by atoms with Gasteiger partial charge >= 0.3 is 0 Å². The Kier molecular flexibility index (Phi) is 2.76. The summed E-state index contributed by atoms with van der Waals surface area (Å²) in [4.78, 5) is 19.1. The smallest absolute Gasteiger partial charge is 0.254 e. The summed E-state index contributed by atoms with van der Waals surface area (Å²) in [6.07, 6.45) is 1.97. The van der Waals surface area contributed by atoms with Crippen LogP contribution in [-0.4, -0.2) is 40.1 Å². The first-order valence-corrected chi connectivity index (χ1v) is 7.50. The van der Waals surface area contributed by atoms with Crippen LogP contribution in [0.1, 0.15) is 40.4 Å². The zero-order chi connectivity index (χ0) is 14.6. The molecule has 4 rings (SSSR count). The largest absolute Gasteiger partial charge is 0.389 e. The van der Waals surface area contributed by atoms with Gasteiger partial charge in [-0.05, 0) is 38.0 Å². The number of amides is 1. The van der Waals surface area contributed by atoms with E-state index in [0.29, 0.717) is 19.0 Å². The number of aliphatic hydroxyl groups excluding tert-OH is 1. The van der Waals surface area contributed by atoms with Crippen molar-refractivity contribution in [3.05, 3.63) is 41.1 Å². The Morgan fingerprint density at radius 2 is 2.05 bits per heavy atom. The van der Waals surface area contributed by atoms with Gasteiger partial charge in [-0.1, -0.05) is 11.6 Å². The maximum Gasteiger partial charge on any atom is 0.254 e. The summed E-state index contributed by atoms with van der Waals surface area (Å²) in [6.45, 7) is 2.90. The number of nitrogens with zero attached hydrogens (tertiary/aromatic N) is 2. The zero-order valence-corrected chi connectivity index (χ0v) is 12.0. The first-order valence-electron chi connectivity index (χ1n) is 7.50. The number of rotatable bonds is 2. The molecule has 2 fully saturated rings. The van der Waals surface area contributed by atoms with Gasteiger partial charge in [0.1, 0.15) is 0 Å². The third kappa shape index (κ3) is 2.20. The average molecular weight is 282 g/mol. The first-order chi connectivity index (χ1) is 10.1. The lowest BCUT2D eigenvalue weighted by Crippen LogP contribution is -2.53. The van der Waals surface area contributed by atoms with Gasteiger partial charge in [0.05, 0.1) is 17.2 Å². The van der Waals surface area contributed by atoms with Gasteiger partial charge in [-0.2, -0.15) is 0 Å². The zero-order valence-electron chi connectivity index (χ0n) is 12.0. The van der Waals surface area contributed by atoms with Gasteiger partial charge in [0, 0.05) is 30.1 Å². The minimum absolute atomic E-state index is 0.0141. The molecule has 2 aliphatic rings. The Bertz CT molecular complexity index is 731. The molecule has 4 heteroatoms. The number of aromatic nitrogens is 1. The molecule has 0 bridgehead atoms. The number of fused-ring (bicyclic) bond motifs is 1. The lowest BCUT2D eigenvalue weighted by Gasteiger charge is -2.36. The van der Waals surface area contributed by atoms with Crippen LogP contribution in [0.2, 0.25) is 0 Å². The fourth-order valence-electron chi connectivity index (χ4n) is 2.92. The number of likely N-dealkylation sites (tertiary alicyclic amines) is 1. The number of carbonyl (C=O) groups is 1. The summed E-state index contributed by atoms with van der Waals surface area (Å²) in [6, 6.07) is 8.03. The minimum atomic E-state index is -0.369. The fourth-order valence-corrected chi connectivity index (χ4v) is 2.92. The van der Waals surface area contributed by atoms with E-state index >= 15 is 0 Å². The quantitative estimate of drug-likeness (QED) is 0.919. The summed E-state index contributed by atoms with van der Waals surface area (Å²) in [5, 5.41) is 10.3. The molecule has 0 spiro atoms. The number of aryl methyl sites for hydroxylation is 1. The predicted molar refractivity (Wildman–Crippen MR) is 80.4 cm³/mol. The van der Waals surface area contributed by atoms with Crippen molar-refractivity contribution >= 4 is 16.8 Å². The molecule has 1 N–H and O–H groups in total. The van der Waals surface area contributed by atoms with Crippen molar-refractivity contribution in [3.8, 4) is 0 Å². The van der Waals surface area contributed by atoms with Gasteiger partial charge < -0.3 is 10.0 Å². The number of aliphatic hydroxyl groups is 1. The summed E-state index contributed by atoms with van der Waals surface area (Å²) in [5.41, 5.74) is 3.80. The summed E-state index contributed by atoms with van der Waals surface area (Å²) >= 11 is 0. The normalized spacial score (nSPS) is 18.9. The molecule has 1 saturated carbocycles. The number of hydrogen-bond donors (Lipinski definition) is 1. The number of β-amino-alcohol motifs (C(OH)–C–C–N with tert-alkyl or cyclic N) is 1. The number of hydrogen-bond acceptors (Lipinski definition) is 3. The Labute approximate surface area is 123 Å². The maximum absolute atomic E-state index is 12.7. The number of benzene rings is 1. The molecule has 0 radical (unpaired) electrons. The second-order valence-corrected chi connectivity index (χ2v) is 6.25. The van der Waals surface area contributed by atoms with Gasteiger partial charge in [-0.15, -0.1) is 0 Å². The van der Waals surface area contributed by atoms with Crippen molar-refractivity contribution in [2.24, 2.45) is 0 Å². The molecule has 1 aromatic carbocycles. The molecule has 21 heavy (non-hydrogen) atoms. The van der Waals surface area contributed by atoms with Crippen LogP contribution in [-0.2, 0) is 0 Å². The van der Waals surface area contributed by atoms with E-state index < -0.39 is 0 Å². The van der Waals surface area contributed by atoms with Crippen LogP contribution in [0.15, 0.2) is 24.3 Å². The molecule has 1 amide bonds. The molecule has 0 unspecified atom stereocenters. The monoisotopic (exact) mass is 282 g/mol. The third-order valence-corrected chi connectivity index (χ3v) is 4.36. The fraction of sp³-hybridized carbons (Fsp3) is 0.412. The average Bonchev–Trinajstić information content (AvgIpc) is 3.26. The lowest BCUT2D eigenvalue weighted by molar-refractivity contribution is 0.00602. The van der Waals surface area contributed by atoms with E-state index in [-0.39, 0.29) is 12.0 Å². The van der Waals surface area contributed by atoms with E-state index in [4.69, 9.17) is 4.98 Å². The Balaban J connectivity index is 1.84. The molecule has 108 valence electrons. The Hall–Kier alpha value is -1.94. The highest BCUT2D eigenvalue weighted by atomic mass is 16.3. The van der Waals surface area contributed by atoms with Gasteiger partial charge in [0.2, 0.25) is 0 Å². The molecule has 2 aromatic rings. The third-order valence-electron chi connectivity index (χ3n) is 4.36. The van der Waals surface area contributed by atoms with Gasteiger partial charge in [0.15, 0.2) is 0 Å². The maximum atomic E-state index is 12.7. The van der Waals surface area contributed by atoms with Gasteiger partial charge in [-0.25, -0.2) is 0 Å². The van der Waals surface area contributed by atoms with Crippen LogP contribution in [0, 0.1) is 6.92 Å². The van der Waals surface area contributed by atoms with Crippen molar-refractivity contribution < 1.29 is 9.90 Å². The summed E-state index contributed by atoms with van der Waals surface area (Å²) in [7, 11) is 0. The van der Waals surface area contributed by atoms with Crippen LogP contribution < -0.4 is 0 Å². The molecule has 1 aliphatic carbocycles. The highest BCUT2D eigenvalue weighted by Gasteiger charge is 2.32. The molecule has 1 aromatic heterocycles. The van der Waals surface area contributed by atoms with Crippen LogP contribution >= 0.6 is 0 Å². The standard InChI is InChI=1S/C17H18N2O2/c1-10-2-5-15-13(6-10)14(7-16(18-15)11-3-4-11)17(21)19-8-12(20)9-19/h2,5-7,11-12,20H,3-4,8-9H2,1H3. The first kappa shape index (κ1) is 12.8. The van der Waals surface area contributed by atoms with Crippen molar-refractivity contribution in [3.63, 3.8) is 0 Å². The van der Waals surface area contributed by atoms with Crippen LogP contribution in [0.4, 0.5) is 0 Å². The number of pyridine rings is 1. The Morgan fingerprint density at radius 3 is 2.71 bits per heavy atom. The molecule has 2 heterocycles. The topological polar surface area (TPSA) is 53.4 Å². The van der Waals surface area contributed by atoms with E-state index in [9.17, 15) is 9.90 Å². The van der Waals surface area contributed by atoms with Crippen molar-refractivity contribution in [1.29, 1.82) is 0 Å². The van der Waals surface area contributed by atoms with Crippen molar-refractivity contribution in [1.82, 2.24) is 9.88 Å². The van der Waals surface area contributed by atoms with Gasteiger partial charge in [-0.3, -0.25) is 9.78 Å². The highest BCUT2D eigenvalue weighted by Crippen LogP contribution is 2.40.